The quantitative estimate of drug-likeness (QED) is 0.208. The third-order valence-corrected chi connectivity index (χ3v) is 6.94. The lowest BCUT2D eigenvalue weighted by Gasteiger charge is -2.16. The fraction of sp³-hybridized carbons (Fsp3) is 0.250. The van der Waals surface area contributed by atoms with E-state index in [1.807, 2.05) is 47.8 Å². The molecule has 0 saturated heterocycles. The van der Waals surface area contributed by atoms with Crippen molar-refractivity contribution in [2.24, 2.45) is 0 Å². The molecular weight excluding hydrogens is 520 g/mol. The molecule has 1 N–H and O–H groups in total. The zero-order chi connectivity index (χ0) is 28.1. The number of anilines is 1. The number of hydrogen-bond acceptors (Lipinski definition) is 10. The summed E-state index contributed by atoms with van der Waals surface area (Å²) < 4.78 is 23.5. The van der Waals surface area contributed by atoms with E-state index in [1.165, 1.54) is 24.9 Å². The Bertz CT molecular complexity index is 1440. The van der Waals surface area contributed by atoms with Crippen molar-refractivity contribution < 1.29 is 28.8 Å². The van der Waals surface area contributed by atoms with Crippen LogP contribution in [0.2, 0.25) is 0 Å². The van der Waals surface area contributed by atoms with Crippen molar-refractivity contribution in [2.45, 2.75) is 5.16 Å². The number of aromatic hydroxyl groups is 1. The molecule has 4 rings (SSSR count). The van der Waals surface area contributed by atoms with Gasteiger partial charge in [0.15, 0.2) is 39.8 Å². The first kappa shape index (κ1) is 27.6. The summed E-state index contributed by atoms with van der Waals surface area (Å²) in [5, 5.41) is 19.5. The minimum absolute atomic E-state index is 0.0783. The molecule has 4 aromatic rings. The van der Waals surface area contributed by atoms with Crippen LogP contribution in [0.25, 0.3) is 17.1 Å². The van der Waals surface area contributed by atoms with E-state index >= 15 is 0 Å². The predicted molar refractivity (Wildman–Crippen MR) is 150 cm³/mol. The van der Waals surface area contributed by atoms with Crippen molar-refractivity contribution in [3.63, 3.8) is 0 Å². The average Bonchev–Trinajstić information content (AvgIpc) is 3.38. The molecule has 39 heavy (non-hydrogen) atoms. The molecule has 0 spiro atoms. The number of benzene rings is 3. The highest BCUT2D eigenvalue weighted by Crippen LogP contribution is 2.42. The van der Waals surface area contributed by atoms with Crippen LogP contribution in [0.4, 0.5) is 5.69 Å². The number of aromatic nitrogens is 3. The first-order valence-electron chi connectivity index (χ1n) is 11.9. The van der Waals surface area contributed by atoms with Crippen molar-refractivity contribution in [1.29, 1.82) is 0 Å². The van der Waals surface area contributed by atoms with Crippen LogP contribution in [-0.2, 0) is 0 Å². The summed E-state index contributed by atoms with van der Waals surface area (Å²) in [6.45, 7) is 0. The molecule has 0 radical (unpaired) electrons. The largest absolute Gasteiger partial charge is 0.504 e. The van der Waals surface area contributed by atoms with E-state index in [-0.39, 0.29) is 17.3 Å². The Morgan fingerprint density at radius 3 is 2.05 bits per heavy atom. The average molecular weight is 551 g/mol. The van der Waals surface area contributed by atoms with Gasteiger partial charge in [0.25, 0.3) is 0 Å². The van der Waals surface area contributed by atoms with Gasteiger partial charge < -0.3 is 29.0 Å². The van der Waals surface area contributed by atoms with Crippen LogP contribution in [0.3, 0.4) is 0 Å². The number of carbonyl (C=O) groups is 1. The second-order valence-corrected chi connectivity index (χ2v) is 9.51. The molecule has 10 nitrogen and oxygen atoms in total. The van der Waals surface area contributed by atoms with Gasteiger partial charge in [0, 0.05) is 36.6 Å². The Morgan fingerprint density at radius 2 is 1.51 bits per heavy atom. The summed E-state index contributed by atoms with van der Waals surface area (Å²) in [5.41, 5.74) is 2.90. The zero-order valence-corrected chi connectivity index (χ0v) is 23.4. The topological polar surface area (TPSA) is 108 Å². The predicted octanol–water partition coefficient (Wildman–Crippen LogP) is 4.72. The van der Waals surface area contributed by atoms with Crippen molar-refractivity contribution in [1.82, 2.24) is 14.8 Å². The monoisotopic (exact) mass is 550 g/mol. The van der Waals surface area contributed by atoms with Crippen LogP contribution in [-0.4, -0.2) is 73.9 Å². The van der Waals surface area contributed by atoms with Gasteiger partial charge in [-0.25, -0.2) is 0 Å². The first-order valence-corrected chi connectivity index (χ1v) is 12.9. The highest BCUT2D eigenvalue weighted by atomic mass is 32.2. The zero-order valence-electron chi connectivity index (χ0n) is 22.6. The molecule has 1 heterocycles. The number of ketones is 1. The van der Waals surface area contributed by atoms with E-state index in [0.29, 0.717) is 45.1 Å². The van der Waals surface area contributed by atoms with E-state index in [4.69, 9.17) is 18.9 Å². The summed E-state index contributed by atoms with van der Waals surface area (Å²) in [6.07, 6.45) is 0. The van der Waals surface area contributed by atoms with Gasteiger partial charge in [0.05, 0.1) is 34.2 Å². The van der Waals surface area contributed by atoms with E-state index < -0.39 is 0 Å². The van der Waals surface area contributed by atoms with Gasteiger partial charge in [0.2, 0.25) is 5.75 Å². The molecule has 0 amide bonds. The maximum Gasteiger partial charge on any atom is 0.203 e. The van der Waals surface area contributed by atoms with Gasteiger partial charge in [-0.15, -0.1) is 10.2 Å². The highest BCUT2D eigenvalue weighted by Gasteiger charge is 2.22. The van der Waals surface area contributed by atoms with Gasteiger partial charge >= 0.3 is 0 Å². The lowest BCUT2D eigenvalue weighted by Crippen LogP contribution is -2.09. The molecule has 0 saturated carbocycles. The molecule has 11 heteroatoms. The van der Waals surface area contributed by atoms with Crippen LogP contribution < -0.4 is 23.8 Å². The van der Waals surface area contributed by atoms with Gasteiger partial charge in [-0.3, -0.25) is 9.36 Å². The fourth-order valence-electron chi connectivity index (χ4n) is 3.97. The van der Waals surface area contributed by atoms with E-state index in [2.05, 4.69) is 10.2 Å². The van der Waals surface area contributed by atoms with Gasteiger partial charge in [-0.05, 0) is 54.6 Å². The van der Waals surface area contributed by atoms with E-state index in [0.717, 1.165) is 11.4 Å². The Hall–Kier alpha value is -4.38. The molecule has 0 aliphatic heterocycles. The Morgan fingerprint density at radius 1 is 0.872 bits per heavy atom. The molecule has 3 aromatic carbocycles. The summed E-state index contributed by atoms with van der Waals surface area (Å²) in [6, 6.07) is 16.1. The highest BCUT2D eigenvalue weighted by molar-refractivity contribution is 7.99. The molecule has 0 aliphatic rings. The number of nitrogens with zero attached hydrogens (tertiary/aromatic N) is 4. The number of carbonyl (C=O) groups excluding carboxylic acids is 1. The number of phenols is 1. The number of methoxy groups -OCH3 is 4. The van der Waals surface area contributed by atoms with Gasteiger partial charge in [0.1, 0.15) is 0 Å². The van der Waals surface area contributed by atoms with E-state index in [9.17, 15) is 9.90 Å². The first-order chi connectivity index (χ1) is 18.8. The molecular formula is C28H30N4O6S. The Kier molecular flexibility index (Phi) is 8.50. The number of ether oxygens (including phenoxy) is 4. The van der Waals surface area contributed by atoms with Gasteiger partial charge in [-0.2, -0.15) is 0 Å². The number of phenolic OH excluding ortho intramolecular Hbond substituents is 1. The minimum atomic E-state index is -0.176. The number of Topliss-reactive ketones (excluding diaryl/α,β-unsaturated/α-hetero) is 1. The second-order valence-electron chi connectivity index (χ2n) is 8.56. The minimum Gasteiger partial charge on any atom is -0.504 e. The normalized spacial score (nSPS) is 10.7. The number of hydrogen-bond donors (Lipinski definition) is 1. The van der Waals surface area contributed by atoms with E-state index in [1.54, 1.807) is 45.6 Å². The second kappa shape index (κ2) is 12.0. The van der Waals surface area contributed by atoms with Crippen LogP contribution in [0.5, 0.6) is 28.7 Å². The van der Waals surface area contributed by atoms with Crippen molar-refractivity contribution in [3.8, 4) is 45.8 Å². The summed E-state index contributed by atoms with van der Waals surface area (Å²) in [5.74, 6) is 2.06. The van der Waals surface area contributed by atoms with Crippen molar-refractivity contribution in [2.75, 3.05) is 53.2 Å². The van der Waals surface area contributed by atoms with Crippen molar-refractivity contribution in [3.05, 3.63) is 60.2 Å². The lowest BCUT2D eigenvalue weighted by molar-refractivity contribution is 0.102. The summed E-state index contributed by atoms with van der Waals surface area (Å²) in [4.78, 5) is 15.0. The number of rotatable bonds is 11. The standard InChI is InChI=1S/C28H30N4O6S/c1-31(2)19-8-10-20(11-9-19)32-27(18-14-24(36-4)26(38-6)25(15-18)37-5)29-30-28(32)39-16-22(34)17-7-12-23(35-3)21(33)13-17/h7-15,33H,16H2,1-6H3. The Balaban J connectivity index is 1.75. The molecule has 204 valence electrons. The molecule has 0 unspecified atom stereocenters. The third-order valence-electron chi connectivity index (χ3n) is 6.01. The van der Waals surface area contributed by atoms with Crippen LogP contribution in [0, 0.1) is 0 Å². The van der Waals surface area contributed by atoms with Crippen LogP contribution in [0.15, 0.2) is 59.8 Å². The maximum atomic E-state index is 13.0. The van der Waals surface area contributed by atoms with Crippen LogP contribution >= 0.6 is 11.8 Å². The fourth-order valence-corrected chi connectivity index (χ4v) is 4.82. The summed E-state index contributed by atoms with van der Waals surface area (Å²) in [7, 11) is 10.0. The Labute approximate surface area is 231 Å². The third kappa shape index (κ3) is 5.73. The molecule has 0 bridgehead atoms. The number of thioether (sulfide) groups is 1. The van der Waals surface area contributed by atoms with Gasteiger partial charge in [-0.1, -0.05) is 11.8 Å². The molecule has 0 aliphatic carbocycles. The summed E-state index contributed by atoms with van der Waals surface area (Å²) >= 11 is 1.24. The smallest absolute Gasteiger partial charge is 0.203 e. The van der Waals surface area contributed by atoms with Crippen molar-refractivity contribution >= 4 is 23.2 Å². The molecule has 0 atom stereocenters. The molecule has 1 aromatic heterocycles. The van der Waals surface area contributed by atoms with Crippen LogP contribution in [0.1, 0.15) is 10.4 Å². The maximum absolute atomic E-state index is 13.0. The molecule has 0 fully saturated rings. The lowest BCUT2D eigenvalue weighted by atomic mass is 10.1. The SMILES string of the molecule is COc1ccc(C(=O)CSc2nnc(-c3cc(OC)c(OC)c(OC)c3)n2-c2ccc(N(C)C)cc2)cc1O.